The minimum absolute atomic E-state index is 0.239. The summed E-state index contributed by atoms with van der Waals surface area (Å²) in [6.07, 6.45) is 2.10. The fourth-order valence-corrected chi connectivity index (χ4v) is 2.94. The SMILES string of the molecule is CCCc1ccc(C(=O)OCC2(C)COCOC2)s1. The van der Waals surface area contributed by atoms with Crippen molar-refractivity contribution >= 4 is 17.3 Å². The second-order valence-corrected chi connectivity index (χ2v) is 6.39. The average molecular weight is 284 g/mol. The molecule has 0 saturated carbocycles. The number of rotatable bonds is 5. The van der Waals surface area contributed by atoms with Gasteiger partial charge in [0.2, 0.25) is 0 Å². The summed E-state index contributed by atoms with van der Waals surface area (Å²) in [4.78, 5) is 13.9. The minimum Gasteiger partial charge on any atom is -0.461 e. The zero-order valence-corrected chi connectivity index (χ0v) is 12.3. The molecule has 5 heteroatoms. The molecule has 0 aromatic carbocycles. The summed E-state index contributed by atoms with van der Waals surface area (Å²) in [6, 6.07) is 3.84. The lowest BCUT2D eigenvalue weighted by atomic mass is 9.94. The van der Waals surface area contributed by atoms with Gasteiger partial charge in [-0.3, -0.25) is 0 Å². The van der Waals surface area contributed by atoms with E-state index in [0.29, 0.717) is 31.5 Å². The number of ether oxygens (including phenoxy) is 3. The summed E-state index contributed by atoms with van der Waals surface area (Å²) >= 11 is 1.51. The van der Waals surface area contributed by atoms with E-state index >= 15 is 0 Å². The van der Waals surface area contributed by atoms with E-state index in [2.05, 4.69) is 6.92 Å². The number of esters is 1. The third kappa shape index (κ3) is 4.03. The van der Waals surface area contributed by atoms with Gasteiger partial charge in [-0.2, -0.15) is 0 Å². The van der Waals surface area contributed by atoms with Gasteiger partial charge in [0, 0.05) is 10.3 Å². The smallest absolute Gasteiger partial charge is 0.348 e. The van der Waals surface area contributed by atoms with E-state index in [1.54, 1.807) is 0 Å². The van der Waals surface area contributed by atoms with Gasteiger partial charge in [-0.05, 0) is 18.6 Å². The third-order valence-corrected chi connectivity index (χ3v) is 4.10. The average Bonchev–Trinajstić information content (AvgIpc) is 2.86. The molecule has 0 atom stereocenters. The van der Waals surface area contributed by atoms with Crippen molar-refractivity contribution in [2.24, 2.45) is 5.41 Å². The highest BCUT2D eigenvalue weighted by molar-refractivity contribution is 7.13. The van der Waals surface area contributed by atoms with Crippen molar-refractivity contribution in [1.29, 1.82) is 0 Å². The molecule has 1 aromatic rings. The van der Waals surface area contributed by atoms with Crippen LogP contribution in [0.4, 0.5) is 0 Å². The number of hydrogen-bond acceptors (Lipinski definition) is 5. The van der Waals surface area contributed by atoms with Crippen molar-refractivity contribution in [3.05, 3.63) is 21.9 Å². The Morgan fingerprint density at radius 3 is 2.84 bits per heavy atom. The van der Waals surface area contributed by atoms with Crippen LogP contribution in [0.3, 0.4) is 0 Å². The topological polar surface area (TPSA) is 44.8 Å². The van der Waals surface area contributed by atoms with Crippen molar-refractivity contribution in [1.82, 2.24) is 0 Å². The molecule has 0 spiro atoms. The van der Waals surface area contributed by atoms with Gasteiger partial charge in [-0.15, -0.1) is 11.3 Å². The molecule has 1 fully saturated rings. The van der Waals surface area contributed by atoms with Crippen LogP contribution in [0.1, 0.15) is 34.8 Å². The Kier molecular flexibility index (Phi) is 4.96. The summed E-state index contributed by atoms with van der Waals surface area (Å²) in [5, 5.41) is 0. The number of carbonyl (C=O) groups is 1. The first-order valence-electron chi connectivity index (χ1n) is 6.54. The molecule has 0 bridgehead atoms. The first-order valence-corrected chi connectivity index (χ1v) is 7.36. The highest BCUT2D eigenvalue weighted by Gasteiger charge is 2.30. The molecule has 0 unspecified atom stereocenters. The summed E-state index contributed by atoms with van der Waals surface area (Å²) in [6.45, 7) is 5.90. The Morgan fingerprint density at radius 1 is 1.42 bits per heavy atom. The molecular formula is C14H20O4S. The molecule has 1 aromatic heterocycles. The van der Waals surface area contributed by atoms with Crippen molar-refractivity contribution < 1.29 is 19.0 Å². The second-order valence-electron chi connectivity index (χ2n) is 5.22. The predicted octanol–water partition coefficient (Wildman–Crippen LogP) is 2.87. The molecule has 1 aliphatic rings. The van der Waals surface area contributed by atoms with Crippen LogP contribution >= 0.6 is 11.3 Å². The standard InChI is InChI=1S/C14H20O4S/c1-3-4-11-5-6-12(19-11)13(15)18-9-14(2)7-16-10-17-8-14/h5-6H,3-4,7-10H2,1-2H3. The normalized spacial score (nSPS) is 18.2. The van der Waals surface area contributed by atoms with E-state index in [9.17, 15) is 4.79 Å². The van der Waals surface area contributed by atoms with Crippen molar-refractivity contribution in [2.45, 2.75) is 26.7 Å². The molecule has 2 heterocycles. The zero-order chi connectivity index (χ0) is 13.7. The molecule has 106 valence electrons. The largest absolute Gasteiger partial charge is 0.461 e. The van der Waals surface area contributed by atoms with E-state index < -0.39 is 0 Å². The Morgan fingerprint density at radius 2 is 2.16 bits per heavy atom. The van der Waals surface area contributed by atoms with Gasteiger partial charge in [-0.1, -0.05) is 20.3 Å². The van der Waals surface area contributed by atoms with E-state index in [1.807, 2.05) is 19.1 Å². The molecular weight excluding hydrogens is 264 g/mol. The van der Waals surface area contributed by atoms with Crippen LogP contribution in [0.25, 0.3) is 0 Å². The maximum atomic E-state index is 12.0. The van der Waals surface area contributed by atoms with E-state index in [4.69, 9.17) is 14.2 Å². The Labute approximate surface area is 117 Å². The van der Waals surface area contributed by atoms with E-state index in [-0.39, 0.29) is 11.4 Å². The summed E-state index contributed by atoms with van der Waals surface area (Å²) in [7, 11) is 0. The maximum Gasteiger partial charge on any atom is 0.348 e. The molecule has 0 radical (unpaired) electrons. The van der Waals surface area contributed by atoms with Crippen molar-refractivity contribution in [3.63, 3.8) is 0 Å². The Bertz CT molecular complexity index is 421. The van der Waals surface area contributed by atoms with Gasteiger partial charge < -0.3 is 14.2 Å². The van der Waals surface area contributed by atoms with Crippen LogP contribution in [0.15, 0.2) is 12.1 Å². The van der Waals surface area contributed by atoms with Gasteiger partial charge in [0.05, 0.1) is 13.2 Å². The van der Waals surface area contributed by atoms with Crippen molar-refractivity contribution in [2.75, 3.05) is 26.6 Å². The number of thiophene rings is 1. The van der Waals surface area contributed by atoms with E-state index in [0.717, 1.165) is 12.8 Å². The van der Waals surface area contributed by atoms with Crippen LogP contribution in [-0.2, 0) is 20.6 Å². The summed E-state index contributed by atoms with van der Waals surface area (Å²) in [5.41, 5.74) is -0.239. The molecule has 1 aliphatic heterocycles. The highest BCUT2D eigenvalue weighted by atomic mass is 32.1. The molecule has 1 saturated heterocycles. The molecule has 0 N–H and O–H groups in total. The van der Waals surface area contributed by atoms with E-state index in [1.165, 1.54) is 16.2 Å². The molecule has 0 aliphatic carbocycles. The highest BCUT2D eigenvalue weighted by Crippen LogP contribution is 2.24. The first-order chi connectivity index (χ1) is 9.13. The van der Waals surface area contributed by atoms with Crippen LogP contribution in [-0.4, -0.2) is 32.6 Å². The van der Waals surface area contributed by atoms with Gasteiger partial charge in [-0.25, -0.2) is 4.79 Å². The second kappa shape index (κ2) is 6.50. The van der Waals surface area contributed by atoms with Gasteiger partial charge in [0.25, 0.3) is 0 Å². The monoisotopic (exact) mass is 284 g/mol. The van der Waals surface area contributed by atoms with Gasteiger partial charge in [0.15, 0.2) is 0 Å². The molecule has 0 amide bonds. The Hall–Kier alpha value is -0.910. The number of aryl methyl sites for hydroxylation is 1. The minimum atomic E-state index is -0.251. The third-order valence-electron chi connectivity index (χ3n) is 2.98. The Balaban J connectivity index is 1.86. The molecule has 2 rings (SSSR count). The fraction of sp³-hybridized carbons (Fsp3) is 0.643. The van der Waals surface area contributed by atoms with Crippen LogP contribution in [0, 0.1) is 5.41 Å². The predicted molar refractivity (Wildman–Crippen MR) is 73.5 cm³/mol. The van der Waals surface area contributed by atoms with Crippen LogP contribution in [0.2, 0.25) is 0 Å². The van der Waals surface area contributed by atoms with Crippen molar-refractivity contribution in [3.8, 4) is 0 Å². The summed E-state index contributed by atoms with van der Waals surface area (Å²) < 4.78 is 15.9. The van der Waals surface area contributed by atoms with Crippen LogP contribution < -0.4 is 0 Å². The maximum absolute atomic E-state index is 12.0. The lowest BCUT2D eigenvalue weighted by Gasteiger charge is -2.32. The fourth-order valence-electron chi connectivity index (χ4n) is 1.94. The lowest BCUT2D eigenvalue weighted by Crippen LogP contribution is -2.39. The lowest BCUT2D eigenvalue weighted by molar-refractivity contribution is -0.170. The zero-order valence-electron chi connectivity index (χ0n) is 11.4. The van der Waals surface area contributed by atoms with Gasteiger partial charge >= 0.3 is 5.97 Å². The van der Waals surface area contributed by atoms with Gasteiger partial charge in [0.1, 0.15) is 18.3 Å². The van der Waals surface area contributed by atoms with Crippen LogP contribution in [0.5, 0.6) is 0 Å². The number of hydrogen-bond donors (Lipinski definition) is 0. The molecule has 19 heavy (non-hydrogen) atoms. The quantitative estimate of drug-likeness (QED) is 0.780. The number of carbonyl (C=O) groups excluding carboxylic acids is 1. The summed E-state index contributed by atoms with van der Waals surface area (Å²) in [5.74, 6) is -0.251. The molecule has 4 nitrogen and oxygen atoms in total. The first kappa shape index (κ1) is 14.5.